The van der Waals surface area contributed by atoms with Crippen molar-refractivity contribution in [3.05, 3.63) is 58.3 Å². The molecule has 0 aliphatic rings. The van der Waals surface area contributed by atoms with Gasteiger partial charge in [0, 0.05) is 18.8 Å². The zero-order valence-electron chi connectivity index (χ0n) is 12.2. The molecular formula is C16H13BrN4O2. The summed E-state index contributed by atoms with van der Waals surface area (Å²) < 4.78 is 2.11. The van der Waals surface area contributed by atoms with Crippen molar-refractivity contribution in [1.82, 2.24) is 15.2 Å². The number of aryl methyl sites for hydroxylation is 1. The third-order valence-corrected chi connectivity index (χ3v) is 3.89. The van der Waals surface area contributed by atoms with Gasteiger partial charge in [0.25, 0.3) is 5.91 Å². The van der Waals surface area contributed by atoms with Crippen molar-refractivity contribution in [2.75, 3.05) is 0 Å². The third-order valence-electron chi connectivity index (χ3n) is 3.31. The van der Waals surface area contributed by atoms with Crippen molar-refractivity contribution in [2.45, 2.75) is 0 Å². The summed E-state index contributed by atoms with van der Waals surface area (Å²) in [7, 11) is 1.72. The minimum atomic E-state index is -0.437. The van der Waals surface area contributed by atoms with Gasteiger partial charge in [0.15, 0.2) is 5.69 Å². The second kappa shape index (κ2) is 6.21. The van der Waals surface area contributed by atoms with Crippen LogP contribution in [0.5, 0.6) is 5.75 Å². The highest BCUT2D eigenvalue weighted by Gasteiger charge is 2.13. The van der Waals surface area contributed by atoms with Crippen LogP contribution in [0, 0.1) is 0 Å². The summed E-state index contributed by atoms with van der Waals surface area (Å²) in [5, 5.41) is 19.8. The van der Waals surface area contributed by atoms with E-state index in [4.69, 9.17) is 0 Å². The summed E-state index contributed by atoms with van der Waals surface area (Å²) in [5.74, 6) is -0.339. The van der Waals surface area contributed by atoms with Gasteiger partial charge in [0.05, 0.1) is 10.7 Å². The van der Waals surface area contributed by atoms with Gasteiger partial charge in [-0.05, 0) is 32.8 Å². The van der Waals surface area contributed by atoms with E-state index in [0.29, 0.717) is 10.0 Å². The van der Waals surface area contributed by atoms with Gasteiger partial charge in [-0.25, -0.2) is 5.43 Å². The average Bonchev–Trinajstić information content (AvgIpc) is 2.88. The molecule has 1 amide bonds. The van der Waals surface area contributed by atoms with E-state index in [2.05, 4.69) is 31.6 Å². The summed E-state index contributed by atoms with van der Waals surface area (Å²) in [6, 6.07) is 11.0. The number of carbonyl (C=O) groups is 1. The van der Waals surface area contributed by atoms with Crippen LogP contribution in [0.1, 0.15) is 16.1 Å². The number of hydrogen-bond donors (Lipinski definition) is 2. The standard InChI is InChI=1S/C16H13BrN4O2/c1-21-9-13(17)15(20-21)16(23)19-18-8-12-11-5-3-2-4-10(11)6-7-14(12)22/h2-9,22H,1H3,(H,19,23)/b18-8-. The molecule has 0 unspecified atom stereocenters. The Kier molecular flexibility index (Phi) is 4.12. The molecule has 3 rings (SSSR count). The maximum absolute atomic E-state index is 12.0. The first kappa shape index (κ1) is 15.2. The zero-order valence-corrected chi connectivity index (χ0v) is 13.8. The van der Waals surface area contributed by atoms with Crippen LogP contribution >= 0.6 is 15.9 Å². The van der Waals surface area contributed by atoms with Gasteiger partial charge in [0.1, 0.15) is 5.75 Å². The van der Waals surface area contributed by atoms with Crippen LogP contribution in [0.15, 0.2) is 52.2 Å². The molecule has 0 saturated heterocycles. The lowest BCUT2D eigenvalue weighted by Gasteiger charge is -2.04. The Labute approximate surface area is 140 Å². The number of benzene rings is 2. The van der Waals surface area contributed by atoms with Crippen molar-refractivity contribution in [1.29, 1.82) is 0 Å². The van der Waals surface area contributed by atoms with E-state index < -0.39 is 5.91 Å². The summed E-state index contributed by atoms with van der Waals surface area (Å²) in [5.41, 5.74) is 3.19. The molecule has 0 radical (unpaired) electrons. The predicted molar refractivity (Wildman–Crippen MR) is 91.6 cm³/mol. The topological polar surface area (TPSA) is 79.5 Å². The van der Waals surface area contributed by atoms with E-state index >= 15 is 0 Å². The Morgan fingerprint density at radius 1 is 1.35 bits per heavy atom. The Morgan fingerprint density at radius 2 is 2.13 bits per heavy atom. The van der Waals surface area contributed by atoms with E-state index in [1.807, 2.05) is 30.3 Å². The fourth-order valence-electron chi connectivity index (χ4n) is 2.24. The van der Waals surface area contributed by atoms with E-state index in [-0.39, 0.29) is 11.4 Å². The highest BCUT2D eigenvalue weighted by Crippen LogP contribution is 2.25. The molecule has 0 aliphatic heterocycles. The minimum absolute atomic E-state index is 0.0979. The largest absolute Gasteiger partial charge is 0.507 e. The van der Waals surface area contributed by atoms with Crippen LogP contribution in [0.3, 0.4) is 0 Å². The average molecular weight is 373 g/mol. The molecule has 0 aliphatic carbocycles. The molecule has 6 nitrogen and oxygen atoms in total. The lowest BCUT2D eigenvalue weighted by molar-refractivity contribution is 0.0948. The van der Waals surface area contributed by atoms with E-state index in [1.54, 1.807) is 19.3 Å². The Bertz CT molecular complexity index is 918. The quantitative estimate of drug-likeness (QED) is 0.547. The molecule has 116 valence electrons. The van der Waals surface area contributed by atoms with Gasteiger partial charge in [-0.3, -0.25) is 9.48 Å². The smallest absolute Gasteiger partial charge is 0.293 e. The first-order chi connectivity index (χ1) is 11.1. The number of amides is 1. The van der Waals surface area contributed by atoms with E-state index in [9.17, 15) is 9.90 Å². The van der Waals surface area contributed by atoms with E-state index in [0.717, 1.165) is 10.8 Å². The number of phenols is 1. The van der Waals surface area contributed by atoms with Crippen molar-refractivity contribution in [2.24, 2.45) is 12.1 Å². The molecule has 0 saturated carbocycles. The second-order valence-corrected chi connectivity index (χ2v) is 5.77. The maximum atomic E-state index is 12.0. The molecule has 0 bridgehead atoms. The monoisotopic (exact) mass is 372 g/mol. The van der Waals surface area contributed by atoms with Crippen molar-refractivity contribution < 1.29 is 9.90 Å². The number of aromatic hydroxyl groups is 1. The molecule has 2 N–H and O–H groups in total. The van der Waals surface area contributed by atoms with Gasteiger partial charge in [0.2, 0.25) is 0 Å². The molecular weight excluding hydrogens is 360 g/mol. The molecule has 0 spiro atoms. The molecule has 23 heavy (non-hydrogen) atoms. The fourth-order valence-corrected chi connectivity index (χ4v) is 2.80. The number of hydrogen-bond acceptors (Lipinski definition) is 4. The third kappa shape index (κ3) is 3.09. The van der Waals surface area contributed by atoms with Crippen molar-refractivity contribution in [3.63, 3.8) is 0 Å². The lowest BCUT2D eigenvalue weighted by atomic mass is 10.0. The number of aromatic nitrogens is 2. The number of fused-ring (bicyclic) bond motifs is 1. The highest BCUT2D eigenvalue weighted by atomic mass is 79.9. The lowest BCUT2D eigenvalue weighted by Crippen LogP contribution is -2.19. The van der Waals surface area contributed by atoms with Crippen LogP contribution in [-0.4, -0.2) is 27.0 Å². The van der Waals surface area contributed by atoms with Gasteiger partial charge >= 0.3 is 0 Å². The molecule has 2 aromatic carbocycles. The molecule has 0 atom stereocenters. The highest BCUT2D eigenvalue weighted by molar-refractivity contribution is 9.10. The van der Waals surface area contributed by atoms with Gasteiger partial charge in [-0.2, -0.15) is 10.2 Å². The molecule has 3 aromatic rings. The van der Waals surface area contributed by atoms with Crippen LogP contribution in [0.4, 0.5) is 0 Å². The van der Waals surface area contributed by atoms with Crippen LogP contribution in [-0.2, 0) is 7.05 Å². The normalized spacial score (nSPS) is 11.2. The second-order valence-electron chi connectivity index (χ2n) is 4.92. The van der Waals surface area contributed by atoms with Crippen LogP contribution in [0.25, 0.3) is 10.8 Å². The minimum Gasteiger partial charge on any atom is -0.507 e. The number of rotatable bonds is 3. The van der Waals surface area contributed by atoms with Gasteiger partial charge in [-0.15, -0.1) is 0 Å². The first-order valence-corrected chi connectivity index (χ1v) is 7.59. The zero-order chi connectivity index (χ0) is 16.4. The van der Waals surface area contributed by atoms with Crippen molar-refractivity contribution >= 4 is 38.8 Å². The first-order valence-electron chi connectivity index (χ1n) is 6.79. The van der Waals surface area contributed by atoms with Crippen molar-refractivity contribution in [3.8, 4) is 5.75 Å². The summed E-state index contributed by atoms with van der Waals surface area (Å²) in [6.07, 6.45) is 3.10. The summed E-state index contributed by atoms with van der Waals surface area (Å²) in [4.78, 5) is 12.0. The Morgan fingerprint density at radius 3 is 2.87 bits per heavy atom. The Balaban J connectivity index is 1.85. The van der Waals surface area contributed by atoms with Gasteiger partial charge < -0.3 is 5.11 Å². The number of halogens is 1. The molecule has 1 aromatic heterocycles. The molecule has 7 heteroatoms. The van der Waals surface area contributed by atoms with Gasteiger partial charge in [-0.1, -0.05) is 30.3 Å². The Hall–Kier alpha value is -2.67. The fraction of sp³-hybridized carbons (Fsp3) is 0.0625. The van der Waals surface area contributed by atoms with Crippen LogP contribution in [0.2, 0.25) is 0 Å². The summed E-state index contributed by atoms with van der Waals surface area (Å²) in [6.45, 7) is 0. The maximum Gasteiger partial charge on any atom is 0.293 e. The number of phenolic OH excluding ortho intramolecular Hbond substituents is 1. The predicted octanol–water partition coefficient (Wildman–Crippen LogP) is 2.81. The number of hydrazone groups is 1. The molecule has 1 heterocycles. The number of nitrogens with zero attached hydrogens (tertiary/aromatic N) is 3. The number of carbonyl (C=O) groups excluding carboxylic acids is 1. The van der Waals surface area contributed by atoms with Crippen LogP contribution < -0.4 is 5.43 Å². The SMILES string of the molecule is Cn1cc(Br)c(C(=O)N/N=C\c2c(O)ccc3ccccc23)n1. The summed E-state index contributed by atoms with van der Waals surface area (Å²) >= 11 is 3.26. The number of nitrogens with one attached hydrogen (secondary N) is 1. The van der Waals surface area contributed by atoms with E-state index in [1.165, 1.54) is 10.9 Å². The molecule has 0 fully saturated rings.